The number of nitrogens with zero attached hydrogens (tertiary/aromatic N) is 3. The number of methoxy groups -OCH3 is 1. The van der Waals surface area contributed by atoms with E-state index in [4.69, 9.17) is 22.9 Å². The molecule has 0 aromatic carbocycles. The molecule has 1 atom stereocenters. The molecule has 2 rings (SSSR count). The molecule has 0 saturated carbocycles. The van der Waals surface area contributed by atoms with E-state index in [1.54, 1.807) is 0 Å². The van der Waals surface area contributed by atoms with E-state index >= 15 is 0 Å². The quantitative estimate of drug-likeness (QED) is 0.488. The number of anilines is 1. The third-order valence-corrected chi connectivity index (χ3v) is 3.80. The molecule has 5 nitrogen and oxygen atoms in total. The standard InChI is InChI=1S/C14H16ClN3O2/c1-9-6-11(17-14(15)13(9)16-2)18-5-4-10(8-18)7-12(19)20-3/h6,10H,4-5,7-8H2,1,3H3/t10-/m1/s1. The van der Waals surface area contributed by atoms with Crippen LogP contribution in [0.4, 0.5) is 11.5 Å². The molecular weight excluding hydrogens is 278 g/mol. The fraction of sp³-hybridized carbons (Fsp3) is 0.500. The molecule has 20 heavy (non-hydrogen) atoms. The van der Waals surface area contributed by atoms with Gasteiger partial charge in [-0.3, -0.25) is 4.79 Å². The number of halogens is 1. The minimum absolute atomic E-state index is 0.178. The van der Waals surface area contributed by atoms with Crippen molar-refractivity contribution in [2.75, 3.05) is 25.1 Å². The van der Waals surface area contributed by atoms with Crippen molar-refractivity contribution in [2.24, 2.45) is 5.92 Å². The number of esters is 1. The molecule has 0 aliphatic carbocycles. The van der Waals surface area contributed by atoms with Gasteiger partial charge in [-0.15, -0.1) is 0 Å². The first-order valence-electron chi connectivity index (χ1n) is 6.41. The van der Waals surface area contributed by atoms with Crippen molar-refractivity contribution >= 4 is 29.1 Å². The molecule has 1 aliphatic heterocycles. The fourth-order valence-electron chi connectivity index (χ4n) is 2.43. The average Bonchev–Trinajstić information content (AvgIpc) is 2.86. The van der Waals surface area contributed by atoms with E-state index in [1.807, 2.05) is 13.0 Å². The zero-order valence-corrected chi connectivity index (χ0v) is 12.3. The highest BCUT2D eigenvalue weighted by molar-refractivity contribution is 6.32. The maximum atomic E-state index is 11.3. The van der Waals surface area contributed by atoms with Gasteiger partial charge in [0.2, 0.25) is 5.69 Å². The van der Waals surface area contributed by atoms with Crippen LogP contribution in [0.15, 0.2) is 6.07 Å². The summed E-state index contributed by atoms with van der Waals surface area (Å²) in [6.07, 6.45) is 1.36. The molecule has 2 heterocycles. The van der Waals surface area contributed by atoms with Gasteiger partial charge in [0.1, 0.15) is 11.0 Å². The van der Waals surface area contributed by atoms with Crippen LogP contribution >= 0.6 is 11.6 Å². The van der Waals surface area contributed by atoms with Crippen LogP contribution in [0.2, 0.25) is 5.15 Å². The van der Waals surface area contributed by atoms with Crippen molar-refractivity contribution < 1.29 is 9.53 Å². The molecular formula is C14H16ClN3O2. The van der Waals surface area contributed by atoms with E-state index < -0.39 is 0 Å². The second kappa shape index (κ2) is 6.10. The Kier molecular flexibility index (Phi) is 4.46. The SMILES string of the molecule is [C-]#[N+]c1c(C)cc(N2CC[C@H](CC(=O)OC)C2)nc1Cl. The molecule has 0 bridgehead atoms. The molecule has 0 N–H and O–H groups in total. The van der Waals surface area contributed by atoms with E-state index in [2.05, 4.69) is 14.7 Å². The molecule has 1 aliphatic rings. The molecule has 1 aromatic heterocycles. The van der Waals surface area contributed by atoms with Crippen LogP contribution in [-0.4, -0.2) is 31.2 Å². The molecule has 0 radical (unpaired) electrons. The molecule has 0 amide bonds. The summed E-state index contributed by atoms with van der Waals surface area (Å²) < 4.78 is 4.69. The van der Waals surface area contributed by atoms with Crippen molar-refractivity contribution in [1.82, 2.24) is 4.98 Å². The van der Waals surface area contributed by atoms with E-state index in [0.29, 0.717) is 12.1 Å². The van der Waals surface area contributed by atoms with Crippen LogP contribution in [0.25, 0.3) is 4.85 Å². The molecule has 1 fully saturated rings. The van der Waals surface area contributed by atoms with Gasteiger partial charge in [0.15, 0.2) is 0 Å². The number of hydrogen-bond acceptors (Lipinski definition) is 4. The second-order valence-electron chi connectivity index (χ2n) is 4.93. The topological polar surface area (TPSA) is 46.8 Å². The normalized spacial score (nSPS) is 17.9. The van der Waals surface area contributed by atoms with Gasteiger partial charge in [-0.1, -0.05) is 11.6 Å². The largest absolute Gasteiger partial charge is 0.469 e. The highest BCUT2D eigenvalue weighted by atomic mass is 35.5. The molecule has 1 saturated heterocycles. The second-order valence-corrected chi connectivity index (χ2v) is 5.29. The Morgan fingerprint density at radius 3 is 3.05 bits per heavy atom. The Hall–Kier alpha value is -1.80. The minimum atomic E-state index is -0.178. The van der Waals surface area contributed by atoms with Crippen LogP contribution in [0, 0.1) is 19.4 Å². The first-order chi connectivity index (χ1) is 9.55. The van der Waals surface area contributed by atoms with Gasteiger partial charge in [0, 0.05) is 13.1 Å². The van der Waals surface area contributed by atoms with Gasteiger partial charge < -0.3 is 9.64 Å². The molecule has 1 aromatic rings. The van der Waals surface area contributed by atoms with Crippen LogP contribution in [0.5, 0.6) is 0 Å². The third-order valence-electron chi connectivity index (χ3n) is 3.53. The van der Waals surface area contributed by atoms with E-state index in [9.17, 15) is 4.79 Å². The molecule has 6 heteroatoms. The lowest BCUT2D eigenvalue weighted by molar-refractivity contribution is -0.141. The Labute approximate surface area is 123 Å². The first-order valence-corrected chi connectivity index (χ1v) is 6.79. The number of hydrogen-bond donors (Lipinski definition) is 0. The summed E-state index contributed by atoms with van der Waals surface area (Å²) in [4.78, 5) is 21.1. The van der Waals surface area contributed by atoms with Gasteiger partial charge >= 0.3 is 5.97 Å². The third kappa shape index (κ3) is 3.02. The van der Waals surface area contributed by atoms with Crippen LogP contribution in [-0.2, 0) is 9.53 Å². The summed E-state index contributed by atoms with van der Waals surface area (Å²) in [7, 11) is 1.41. The number of aryl methyl sites for hydroxylation is 1. The lowest BCUT2D eigenvalue weighted by Gasteiger charge is -2.18. The lowest BCUT2D eigenvalue weighted by atomic mass is 10.1. The summed E-state index contributed by atoms with van der Waals surface area (Å²) in [6.45, 7) is 10.5. The van der Waals surface area contributed by atoms with Crippen LogP contribution < -0.4 is 4.90 Å². The van der Waals surface area contributed by atoms with Crippen molar-refractivity contribution in [3.8, 4) is 0 Å². The number of carbonyl (C=O) groups is 1. The van der Waals surface area contributed by atoms with Gasteiger partial charge in [-0.2, -0.15) is 0 Å². The van der Waals surface area contributed by atoms with E-state index in [-0.39, 0.29) is 17.0 Å². The molecule has 106 valence electrons. The van der Waals surface area contributed by atoms with Gasteiger partial charge in [-0.25, -0.2) is 9.83 Å². The predicted octanol–water partition coefficient (Wildman–Crippen LogP) is 2.98. The average molecular weight is 294 g/mol. The van der Waals surface area contributed by atoms with Crippen molar-refractivity contribution in [3.63, 3.8) is 0 Å². The maximum Gasteiger partial charge on any atom is 0.305 e. The molecule has 0 spiro atoms. The minimum Gasteiger partial charge on any atom is -0.469 e. The smallest absolute Gasteiger partial charge is 0.305 e. The highest BCUT2D eigenvalue weighted by Crippen LogP contribution is 2.32. The van der Waals surface area contributed by atoms with Gasteiger partial charge in [0.25, 0.3) is 0 Å². The summed E-state index contributed by atoms with van der Waals surface area (Å²) in [5, 5.41) is 0.242. The van der Waals surface area contributed by atoms with Crippen molar-refractivity contribution in [1.29, 1.82) is 0 Å². The summed E-state index contributed by atoms with van der Waals surface area (Å²) in [5.41, 5.74) is 1.23. The number of carbonyl (C=O) groups excluding carboxylic acids is 1. The fourth-order valence-corrected chi connectivity index (χ4v) is 2.71. The monoisotopic (exact) mass is 293 g/mol. The summed E-state index contributed by atoms with van der Waals surface area (Å²) in [5.74, 6) is 0.874. The van der Waals surface area contributed by atoms with Gasteiger partial charge in [0.05, 0.1) is 20.1 Å². The van der Waals surface area contributed by atoms with Gasteiger partial charge in [-0.05, 0) is 30.9 Å². The Balaban J connectivity index is 2.11. The van der Waals surface area contributed by atoms with Crippen molar-refractivity contribution in [3.05, 3.63) is 28.2 Å². The zero-order chi connectivity index (χ0) is 14.7. The van der Waals surface area contributed by atoms with Crippen molar-refractivity contribution in [2.45, 2.75) is 19.8 Å². The number of pyridine rings is 1. The Morgan fingerprint density at radius 2 is 2.45 bits per heavy atom. The predicted molar refractivity (Wildman–Crippen MR) is 77.2 cm³/mol. The summed E-state index contributed by atoms with van der Waals surface area (Å²) >= 11 is 6.03. The van der Waals surface area contributed by atoms with Crippen LogP contribution in [0.1, 0.15) is 18.4 Å². The first kappa shape index (κ1) is 14.6. The van der Waals surface area contributed by atoms with E-state index in [0.717, 1.165) is 30.9 Å². The van der Waals surface area contributed by atoms with E-state index in [1.165, 1.54) is 7.11 Å². The molecule has 0 unspecified atom stereocenters. The number of ether oxygens (including phenoxy) is 1. The number of aromatic nitrogens is 1. The zero-order valence-electron chi connectivity index (χ0n) is 11.5. The summed E-state index contributed by atoms with van der Waals surface area (Å²) in [6, 6.07) is 1.87. The van der Waals surface area contributed by atoms with Crippen LogP contribution in [0.3, 0.4) is 0 Å². The highest BCUT2D eigenvalue weighted by Gasteiger charge is 2.26. The Morgan fingerprint density at radius 1 is 1.70 bits per heavy atom. The Bertz CT molecular complexity index is 545. The number of rotatable bonds is 3. The lowest BCUT2D eigenvalue weighted by Crippen LogP contribution is -2.22. The maximum absolute atomic E-state index is 11.3.